The predicted octanol–water partition coefficient (Wildman–Crippen LogP) is 5.53. The number of thioether (sulfide) groups is 1. The lowest BCUT2D eigenvalue weighted by molar-refractivity contribution is -0.116. The lowest BCUT2D eigenvalue weighted by Gasteiger charge is -2.19. The Kier molecular flexibility index (Phi) is 8.57. The first-order valence-corrected chi connectivity index (χ1v) is 11.2. The molecule has 0 aliphatic heterocycles. The highest BCUT2D eigenvalue weighted by atomic mass is 32.2. The van der Waals surface area contributed by atoms with Crippen LogP contribution in [0.25, 0.3) is 0 Å². The fourth-order valence-corrected chi connectivity index (χ4v) is 4.20. The second-order valence-electron chi connectivity index (χ2n) is 7.35. The highest BCUT2D eigenvalue weighted by molar-refractivity contribution is 8.01. The van der Waals surface area contributed by atoms with Gasteiger partial charge in [0.2, 0.25) is 11.0 Å². The summed E-state index contributed by atoms with van der Waals surface area (Å²) in [6, 6.07) is 8.15. The van der Waals surface area contributed by atoms with Crippen molar-refractivity contribution in [3.05, 3.63) is 29.8 Å². The summed E-state index contributed by atoms with van der Waals surface area (Å²) < 4.78 is 6.63. The molecule has 0 unspecified atom stereocenters. The monoisotopic (exact) mass is 407 g/mol. The van der Waals surface area contributed by atoms with E-state index in [9.17, 15) is 4.79 Å². The van der Waals surface area contributed by atoms with Crippen LogP contribution in [0.1, 0.15) is 58.9 Å². The van der Waals surface area contributed by atoms with Crippen LogP contribution in [-0.2, 0) is 10.2 Å². The number of carbonyl (C=O) groups is 1. The second kappa shape index (κ2) is 10.7. The van der Waals surface area contributed by atoms with Gasteiger partial charge in [-0.05, 0) is 36.0 Å². The van der Waals surface area contributed by atoms with Crippen LogP contribution in [0.3, 0.4) is 0 Å². The Morgan fingerprint density at radius 1 is 1.19 bits per heavy atom. The topological polar surface area (TPSA) is 64.1 Å². The van der Waals surface area contributed by atoms with E-state index in [2.05, 4.69) is 55.3 Å². The molecule has 1 aromatic heterocycles. The van der Waals surface area contributed by atoms with E-state index in [1.165, 1.54) is 16.9 Å². The van der Waals surface area contributed by atoms with Crippen molar-refractivity contribution in [3.8, 4) is 5.75 Å². The molecular formula is C20H29N3O2S2. The first-order valence-electron chi connectivity index (χ1n) is 9.38. The molecule has 0 bridgehead atoms. The number of nitrogens with one attached hydrogen (secondary N) is 1. The smallest absolute Gasteiger partial charge is 0.226 e. The summed E-state index contributed by atoms with van der Waals surface area (Å²) in [5.74, 6) is 1.82. The van der Waals surface area contributed by atoms with Gasteiger partial charge in [-0.15, -0.1) is 10.2 Å². The maximum absolute atomic E-state index is 12.0. The van der Waals surface area contributed by atoms with Crippen LogP contribution in [0.15, 0.2) is 28.6 Å². The van der Waals surface area contributed by atoms with Crippen molar-refractivity contribution < 1.29 is 9.53 Å². The molecule has 0 spiro atoms. The summed E-state index contributed by atoms with van der Waals surface area (Å²) in [6.07, 6.45) is 3.38. The number of carbonyl (C=O) groups excluding carboxylic acids is 1. The van der Waals surface area contributed by atoms with Crippen LogP contribution < -0.4 is 10.1 Å². The number of rotatable bonds is 10. The summed E-state index contributed by atoms with van der Waals surface area (Å²) in [4.78, 5) is 12.0. The fraction of sp³-hybridized carbons (Fsp3) is 0.550. The lowest BCUT2D eigenvalue weighted by Crippen LogP contribution is -2.13. The Morgan fingerprint density at radius 3 is 2.59 bits per heavy atom. The van der Waals surface area contributed by atoms with Gasteiger partial charge in [-0.2, -0.15) is 0 Å². The predicted molar refractivity (Wildman–Crippen MR) is 114 cm³/mol. The molecule has 1 aromatic carbocycles. The summed E-state index contributed by atoms with van der Waals surface area (Å²) in [6.45, 7) is 9.23. The standard InChI is InChI=1S/C20H29N3O2S2/c1-5-6-14-26-19-23-22-18(27-19)21-17(24)8-7-13-25-16-11-9-15(10-12-16)20(2,3)4/h9-12H,5-8,13-14H2,1-4H3,(H,21,22,24). The first kappa shape index (κ1) is 21.7. The van der Waals surface area contributed by atoms with Gasteiger partial charge in [0, 0.05) is 12.2 Å². The highest BCUT2D eigenvalue weighted by Crippen LogP contribution is 2.26. The molecular weight excluding hydrogens is 378 g/mol. The molecule has 1 heterocycles. The Labute approximate surface area is 170 Å². The number of amides is 1. The molecule has 0 atom stereocenters. The third-order valence-electron chi connectivity index (χ3n) is 3.91. The maximum Gasteiger partial charge on any atom is 0.226 e. The van der Waals surface area contributed by atoms with Crippen LogP contribution in [-0.4, -0.2) is 28.5 Å². The van der Waals surface area contributed by atoms with E-state index in [0.717, 1.165) is 28.7 Å². The highest BCUT2D eigenvalue weighted by Gasteiger charge is 2.13. The zero-order valence-electron chi connectivity index (χ0n) is 16.6. The molecule has 0 saturated heterocycles. The maximum atomic E-state index is 12.0. The van der Waals surface area contributed by atoms with Crippen LogP contribution in [0.4, 0.5) is 5.13 Å². The van der Waals surface area contributed by atoms with Crippen molar-refractivity contribution in [1.29, 1.82) is 0 Å². The van der Waals surface area contributed by atoms with Crippen LogP contribution in [0.2, 0.25) is 0 Å². The van der Waals surface area contributed by atoms with E-state index >= 15 is 0 Å². The van der Waals surface area contributed by atoms with Crippen molar-refractivity contribution in [2.45, 2.75) is 63.1 Å². The van der Waals surface area contributed by atoms with Crippen molar-refractivity contribution in [1.82, 2.24) is 10.2 Å². The average Bonchev–Trinajstić information content (AvgIpc) is 3.06. The van der Waals surface area contributed by atoms with Crippen LogP contribution >= 0.6 is 23.1 Å². The molecule has 1 amide bonds. The van der Waals surface area contributed by atoms with Gasteiger partial charge in [-0.3, -0.25) is 4.79 Å². The largest absolute Gasteiger partial charge is 0.494 e. The lowest BCUT2D eigenvalue weighted by atomic mass is 9.87. The van der Waals surface area contributed by atoms with Gasteiger partial charge in [0.25, 0.3) is 0 Å². The van der Waals surface area contributed by atoms with Gasteiger partial charge in [-0.25, -0.2) is 0 Å². The Hall–Kier alpha value is -1.60. The van der Waals surface area contributed by atoms with Crippen LogP contribution in [0, 0.1) is 0 Å². The minimum atomic E-state index is -0.0528. The average molecular weight is 408 g/mol. The second-order valence-corrected chi connectivity index (χ2v) is 9.67. The molecule has 7 heteroatoms. The van der Waals surface area contributed by atoms with Crippen LogP contribution in [0.5, 0.6) is 5.75 Å². The normalized spacial score (nSPS) is 11.4. The fourth-order valence-electron chi connectivity index (χ4n) is 2.28. The van der Waals surface area contributed by atoms with Gasteiger partial charge in [0.15, 0.2) is 4.34 Å². The number of aromatic nitrogens is 2. The van der Waals surface area contributed by atoms with E-state index < -0.39 is 0 Å². The molecule has 0 saturated carbocycles. The molecule has 0 fully saturated rings. The summed E-state index contributed by atoms with van der Waals surface area (Å²) in [7, 11) is 0. The van der Waals surface area contributed by atoms with Gasteiger partial charge < -0.3 is 10.1 Å². The van der Waals surface area contributed by atoms with Gasteiger partial charge >= 0.3 is 0 Å². The molecule has 148 valence electrons. The number of anilines is 1. The number of hydrogen-bond acceptors (Lipinski definition) is 6. The molecule has 0 aliphatic rings. The van der Waals surface area contributed by atoms with Crippen molar-refractivity contribution in [2.24, 2.45) is 0 Å². The van der Waals surface area contributed by atoms with E-state index in [-0.39, 0.29) is 11.3 Å². The quantitative estimate of drug-likeness (QED) is 0.319. The van der Waals surface area contributed by atoms with Crippen molar-refractivity contribution in [2.75, 3.05) is 17.7 Å². The Morgan fingerprint density at radius 2 is 1.93 bits per heavy atom. The Bertz CT molecular complexity index is 709. The number of hydrogen-bond donors (Lipinski definition) is 1. The van der Waals surface area contributed by atoms with E-state index in [1.54, 1.807) is 11.8 Å². The first-order chi connectivity index (χ1) is 12.9. The minimum Gasteiger partial charge on any atom is -0.494 e. The number of benzene rings is 1. The third kappa shape index (κ3) is 7.89. The molecule has 2 aromatic rings. The van der Waals surface area contributed by atoms with Gasteiger partial charge in [0.1, 0.15) is 5.75 Å². The van der Waals surface area contributed by atoms with Crippen molar-refractivity contribution in [3.63, 3.8) is 0 Å². The molecule has 1 N–H and O–H groups in total. The zero-order chi connectivity index (χ0) is 19.7. The summed E-state index contributed by atoms with van der Waals surface area (Å²) in [5.41, 5.74) is 1.41. The van der Waals surface area contributed by atoms with E-state index in [1.807, 2.05) is 12.1 Å². The zero-order valence-corrected chi connectivity index (χ0v) is 18.2. The SMILES string of the molecule is CCCCSc1nnc(NC(=O)CCCOc2ccc(C(C)(C)C)cc2)s1. The van der Waals surface area contributed by atoms with Gasteiger partial charge in [0.05, 0.1) is 6.61 Å². The number of unbranched alkanes of at least 4 members (excludes halogenated alkanes) is 1. The minimum absolute atomic E-state index is 0.0528. The molecule has 0 radical (unpaired) electrons. The molecule has 5 nitrogen and oxygen atoms in total. The van der Waals surface area contributed by atoms with E-state index in [4.69, 9.17) is 4.74 Å². The molecule has 0 aliphatic carbocycles. The van der Waals surface area contributed by atoms with E-state index in [0.29, 0.717) is 24.6 Å². The molecule has 27 heavy (non-hydrogen) atoms. The Balaban J connectivity index is 1.66. The summed E-state index contributed by atoms with van der Waals surface area (Å²) >= 11 is 3.12. The molecule has 2 rings (SSSR count). The number of nitrogens with zero attached hydrogens (tertiary/aromatic N) is 2. The third-order valence-corrected chi connectivity index (χ3v) is 5.97. The van der Waals surface area contributed by atoms with Crippen molar-refractivity contribution >= 4 is 34.1 Å². The number of ether oxygens (including phenoxy) is 1. The summed E-state index contributed by atoms with van der Waals surface area (Å²) in [5, 5.41) is 11.5. The van der Waals surface area contributed by atoms with Gasteiger partial charge in [-0.1, -0.05) is 69.3 Å².